The summed E-state index contributed by atoms with van der Waals surface area (Å²) in [5.41, 5.74) is 46.3. The molecule has 3 heterocycles. The van der Waals surface area contributed by atoms with Crippen LogP contribution in [0.5, 0.6) is 0 Å². The molecule has 24 aromatic rings. The lowest BCUT2D eigenvalue weighted by molar-refractivity contribution is 1.07. The van der Waals surface area contributed by atoms with E-state index in [9.17, 15) is 0 Å². The van der Waals surface area contributed by atoms with Gasteiger partial charge in [0.05, 0.1) is 0 Å². The van der Waals surface area contributed by atoms with Gasteiger partial charge in [-0.2, -0.15) is 0 Å². The van der Waals surface area contributed by atoms with Crippen LogP contribution in [0.4, 0.5) is 0 Å². The molecular weight excluding hydrogens is 1780 g/mol. The van der Waals surface area contributed by atoms with Gasteiger partial charge in [-0.1, -0.05) is 510 Å². The van der Waals surface area contributed by atoms with E-state index in [2.05, 4.69) is 431 Å². The monoisotopic (exact) mass is 1880 g/mol. The van der Waals surface area contributed by atoms with E-state index >= 15 is 0 Å². The van der Waals surface area contributed by atoms with E-state index < -0.39 is 0 Å². The third-order valence-corrected chi connectivity index (χ3v) is 28.3. The first kappa shape index (κ1) is 89.0. The first-order valence-corrected chi connectivity index (χ1v) is 50.0. The number of hydrogen-bond donors (Lipinski definition) is 0. The maximum absolute atomic E-state index is 5.15. The largest absolute Gasteiger partial charge is 0.208 e. The van der Waals surface area contributed by atoms with Crippen molar-refractivity contribution in [2.75, 3.05) is 0 Å². The average Bonchev–Trinajstić information content (AvgIpc) is 1.61. The maximum Gasteiger partial charge on any atom is 0.164 e. The summed E-state index contributed by atoms with van der Waals surface area (Å²) in [7, 11) is 0. The molecule has 0 bridgehead atoms. The Morgan fingerprint density at radius 1 is 0.0884 bits per heavy atom. The molecule has 147 heavy (non-hydrogen) atoms. The Kier molecular flexibility index (Phi) is 24.2. The molecular formula is C138H93N9. The van der Waals surface area contributed by atoms with Gasteiger partial charge in [-0.25, -0.2) is 44.9 Å². The molecule has 3 aliphatic rings. The molecule has 690 valence electrons. The van der Waals surface area contributed by atoms with Crippen LogP contribution in [0.25, 0.3) is 236 Å². The zero-order valence-electron chi connectivity index (χ0n) is 80.4. The predicted molar refractivity (Wildman–Crippen MR) is 602 cm³/mol. The quantitative estimate of drug-likeness (QED) is 0.0828. The number of aromatic nitrogens is 9. The number of nitrogens with zero attached hydrogens (tertiary/aromatic N) is 9. The van der Waals surface area contributed by atoms with Crippen LogP contribution >= 0.6 is 0 Å². The number of fused-ring (bicyclic) bond motifs is 9. The van der Waals surface area contributed by atoms with Gasteiger partial charge in [0.1, 0.15) is 0 Å². The lowest BCUT2D eigenvalue weighted by Crippen LogP contribution is -2.02. The van der Waals surface area contributed by atoms with Crippen LogP contribution < -0.4 is 0 Å². The van der Waals surface area contributed by atoms with Crippen LogP contribution in [0.2, 0.25) is 0 Å². The summed E-state index contributed by atoms with van der Waals surface area (Å²) in [6.07, 6.45) is 2.51. The third kappa shape index (κ3) is 18.2. The highest BCUT2D eigenvalue weighted by atomic mass is 15.1. The van der Waals surface area contributed by atoms with Gasteiger partial charge >= 0.3 is 0 Å². The molecule has 0 N–H and O–H groups in total. The highest BCUT2D eigenvalue weighted by molar-refractivity contribution is 5.95. The van der Waals surface area contributed by atoms with Crippen LogP contribution in [0, 0.1) is 0 Å². The van der Waals surface area contributed by atoms with Crippen LogP contribution in [0.1, 0.15) is 33.4 Å². The molecule has 0 unspecified atom stereocenters. The van der Waals surface area contributed by atoms with Crippen molar-refractivity contribution in [1.29, 1.82) is 0 Å². The minimum absolute atomic E-state index is 0.647. The first-order chi connectivity index (χ1) is 72.8. The second-order valence-electron chi connectivity index (χ2n) is 37.2. The molecule has 3 aromatic heterocycles. The maximum atomic E-state index is 5.15. The van der Waals surface area contributed by atoms with Crippen LogP contribution in [0.3, 0.4) is 0 Å². The molecule has 0 fully saturated rings. The second kappa shape index (κ2) is 40.0. The summed E-state index contributed by atoms with van der Waals surface area (Å²) in [5.74, 6) is 6.02. The normalized spacial score (nSPS) is 11.6. The Morgan fingerprint density at radius 3 is 0.490 bits per heavy atom. The summed E-state index contributed by atoms with van der Waals surface area (Å²) in [6.45, 7) is 0. The molecule has 3 aliphatic carbocycles. The van der Waals surface area contributed by atoms with Crippen molar-refractivity contribution in [3.8, 4) is 236 Å². The van der Waals surface area contributed by atoms with Crippen molar-refractivity contribution in [3.05, 3.63) is 561 Å². The number of hydrogen-bond acceptors (Lipinski definition) is 9. The number of rotatable bonds is 18. The highest BCUT2D eigenvalue weighted by Gasteiger charge is 2.31. The SMILES string of the molecule is c1ccc(-c2ccc(-c3cccc4c3Cc3c(-c5ccc(-c6nc(-c7ccccc7)nc(-c7cccc(-c8ccccc8)c7)n6)cc5)cccc3-4)cc2)cc1.c1ccc(-c2ccc(-c3nc(-c4ccccc4)nc(-c4cccc5c4Cc4c(-c6cccc(-c7ccccc7)c6)cccc4-5)n3)cc2)cc1.c1ccc(-c2cccc(-c3cccc4c3Cc3c(-c5nc(-c6ccccc6)nc(-c6ccccc6)n5)cccc3-4)c2)cc1. The summed E-state index contributed by atoms with van der Waals surface area (Å²) in [6, 6.07) is 185. The molecule has 0 spiro atoms. The van der Waals surface area contributed by atoms with E-state index in [4.69, 9.17) is 44.9 Å². The van der Waals surface area contributed by atoms with Crippen molar-refractivity contribution in [3.63, 3.8) is 0 Å². The van der Waals surface area contributed by atoms with Crippen LogP contribution in [0.15, 0.2) is 528 Å². The van der Waals surface area contributed by atoms with Gasteiger partial charge < -0.3 is 0 Å². The smallest absolute Gasteiger partial charge is 0.164 e. The van der Waals surface area contributed by atoms with Gasteiger partial charge in [0.25, 0.3) is 0 Å². The molecule has 0 atom stereocenters. The Balaban J connectivity index is 0.000000116. The lowest BCUT2D eigenvalue weighted by Gasteiger charge is -2.12. The van der Waals surface area contributed by atoms with Gasteiger partial charge in [-0.3, -0.25) is 0 Å². The Hall–Kier alpha value is -19.4. The predicted octanol–water partition coefficient (Wildman–Crippen LogP) is 34.3. The van der Waals surface area contributed by atoms with Crippen LogP contribution in [-0.4, -0.2) is 44.9 Å². The van der Waals surface area contributed by atoms with Gasteiger partial charge in [0.2, 0.25) is 0 Å². The van der Waals surface area contributed by atoms with E-state index in [1.54, 1.807) is 0 Å². The fourth-order valence-electron chi connectivity index (χ4n) is 21.0. The standard InChI is InChI=1S/C52H35N3.C46H31N3.C40H27N3/c1-4-13-35(14-5-1)37-25-27-38(28-26-37)44-21-11-23-46-47-24-12-22-45(49(47)34-48(44)46)39-29-31-41(32-30-39)51-53-50(40-17-8-3-9-18-40)54-52(55-51)43-20-10-19-42(33-43)36-15-6-2-7-16-36;1-4-13-31(14-5-1)33-25-27-35(28-26-33)45-47-44(34-17-8-3-9-18-34)48-46(49-45)41-24-12-23-40-39-22-11-21-38(42(39)30-43(40)41)37-20-10-19-36(29-37)32-15-6-2-7-16-32;1-4-13-27(14-5-1)30-19-10-20-31(25-30)32-21-11-22-33-34-23-12-24-35(37(34)26-36(32)33)40-42-38(28-15-6-2-7-16-28)41-39(43-40)29-17-8-3-9-18-29/h1-33H,34H2;1-29H,30H2;1-25H,26H2. The molecule has 21 aromatic carbocycles. The fourth-order valence-corrected chi connectivity index (χ4v) is 21.0. The summed E-state index contributed by atoms with van der Waals surface area (Å²) in [5, 5.41) is 0. The third-order valence-electron chi connectivity index (χ3n) is 28.3. The zero-order valence-corrected chi connectivity index (χ0v) is 80.4. The minimum atomic E-state index is 0.647. The highest BCUT2D eigenvalue weighted by Crippen LogP contribution is 2.51. The average molecular weight is 1880 g/mol. The molecule has 0 aliphatic heterocycles. The van der Waals surface area contributed by atoms with E-state index in [1.165, 1.54) is 150 Å². The molecule has 0 saturated heterocycles. The van der Waals surface area contributed by atoms with Crippen molar-refractivity contribution in [1.82, 2.24) is 44.9 Å². The fraction of sp³-hybridized carbons (Fsp3) is 0.0217. The molecule has 27 rings (SSSR count). The molecule has 0 radical (unpaired) electrons. The topological polar surface area (TPSA) is 116 Å². The molecule has 9 heteroatoms. The molecule has 0 amide bonds. The lowest BCUT2D eigenvalue weighted by atomic mass is 9.93. The summed E-state index contributed by atoms with van der Waals surface area (Å²) >= 11 is 0. The van der Waals surface area contributed by atoms with Crippen molar-refractivity contribution in [2.24, 2.45) is 0 Å². The van der Waals surface area contributed by atoms with Gasteiger partial charge in [0, 0.05) is 62.9 Å². The van der Waals surface area contributed by atoms with E-state index in [-0.39, 0.29) is 0 Å². The molecule has 9 nitrogen and oxygen atoms in total. The van der Waals surface area contributed by atoms with Crippen molar-refractivity contribution >= 4 is 0 Å². The minimum Gasteiger partial charge on any atom is -0.208 e. The van der Waals surface area contributed by atoms with Gasteiger partial charge in [-0.05, 0) is 192 Å². The summed E-state index contributed by atoms with van der Waals surface area (Å²) in [4.78, 5) is 45.3. The van der Waals surface area contributed by atoms with E-state index in [0.29, 0.717) is 52.4 Å². The Labute approximate surface area is 855 Å². The Morgan fingerprint density at radius 2 is 0.231 bits per heavy atom. The van der Waals surface area contributed by atoms with E-state index in [0.717, 1.165) is 86.0 Å². The van der Waals surface area contributed by atoms with Gasteiger partial charge in [-0.15, -0.1) is 0 Å². The van der Waals surface area contributed by atoms with Crippen LogP contribution in [-0.2, 0) is 19.3 Å². The summed E-state index contributed by atoms with van der Waals surface area (Å²) < 4.78 is 0. The number of benzene rings is 21. The molecule has 0 saturated carbocycles. The van der Waals surface area contributed by atoms with Crippen molar-refractivity contribution < 1.29 is 0 Å². The first-order valence-electron chi connectivity index (χ1n) is 50.0. The van der Waals surface area contributed by atoms with Crippen molar-refractivity contribution in [2.45, 2.75) is 19.3 Å². The zero-order chi connectivity index (χ0) is 97.7. The van der Waals surface area contributed by atoms with E-state index in [1.807, 2.05) is 97.1 Å². The van der Waals surface area contributed by atoms with Gasteiger partial charge in [0.15, 0.2) is 52.4 Å². The Bertz CT molecular complexity index is 8910. The second-order valence-corrected chi connectivity index (χ2v) is 37.2.